The van der Waals surface area contributed by atoms with Crippen molar-refractivity contribution in [2.24, 2.45) is 0 Å². The van der Waals surface area contributed by atoms with Gasteiger partial charge in [0, 0.05) is 5.02 Å². The second-order valence-corrected chi connectivity index (χ2v) is 8.03. The SMILES string of the molecule is Cc1ccc(OCCNC(=O)CN(c2ccccc2)S(C)(=O)=O)cc1Cl. The van der Waals surface area contributed by atoms with Gasteiger partial charge in [-0.2, -0.15) is 0 Å². The van der Waals surface area contributed by atoms with Gasteiger partial charge in [0.1, 0.15) is 18.9 Å². The number of carbonyl (C=O) groups is 1. The lowest BCUT2D eigenvalue weighted by atomic mass is 10.2. The summed E-state index contributed by atoms with van der Waals surface area (Å²) in [5.41, 5.74) is 1.39. The number of carbonyl (C=O) groups excluding carboxylic acids is 1. The number of anilines is 1. The second kappa shape index (κ2) is 8.91. The average molecular weight is 397 g/mol. The molecule has 2 rings (SSSR count). The van der Waals surface area contributed by atoms with Crippen LogP contribution in [0.25, 0.3) is 0 Å². The molecule has 0 bridgehead atoms. The summed E-state index contributed by atoms with van der Waals surface area (Å²) in [6.07, 6.45) is 1.07. The van der Waals surface area contributed by atoms with Crippen molar-refractivity contribution in [3.63, 3.8) is 0 Å². The normalized spacial score (nSPS) is 11.0. The van der Waals surface area contributed by atoms with Crippen molar-refractivity contribution in [2.75, 3.05) is 30.3 Å². The molecule has 140 valence electrons. The minimum Gasteiger partial charge on any atom is -0.492 e. The van der Waals surface area contributed by atoms with E-state index in [1.165, 1.54) is 0 Å². The van der Waals surface area contributed by atoms with E-state index in [0.29, 0.717) is 16.5 Å². The molecule has 6 nitrogen and oxygen atoms in total. The molecule has 0 spiro atoms. The zero-order valence-electron chi connectivity index (χ0n) is 14.6. The van der Waals surface area contributed by atoms with Gasteiger partial charge in [-0.05, 0) is 36.8 Å². The van der Waals surface area contributed by atoms with Gasteiger partial charge in [-0.3, -0.25) is 9.10 Å². The molecule has 1 N–H and O–H groups in total. The van der Waals surface area contributed by atoms with Crippen molar-refractivity contribution in [2.45, 2.75) is 6.92 Å². The predicted octanol–water partition coefficient (Wildman–Crippen LogP) is 2.61. The molecule has 0 aliphatic heterocycles. The van der Waals surface area contributed by atoms with Crippen LogP contribution in [0.2, 0.25) is 5.02 Å². The average Bonchev–Trinajstić information content (AvgIpc) is 2.59. The third kappa shape index (κ3) is 5.93. The monoisotopic (exact) mass is 396 g/mol. The fraction of sp³-hybridized carbons (Fsp3) is 0.278. The number of halogens is 1. The lowest BCUT2D eigenvalue weighted by Crippen LogP contribution is -2.41. The maximum atomic E-state index is 12.1. The Bertz CT molecular complexity index is 857. The molecule has 1 amide bonds. The highest BCUT2D eigenvalue weighted by Crippen LogP contribution is 2.21. The number of ether oxygens (including phenoxy) is 1. The van der Waals surface area contributed by atoms with Crippen LogP contribution in [-0.2, 0) is 14.8 Å². The molecule has 2 aromatic carbocycles. The molecule has 0 aliphatic rings. The van der Waals surface area contributed by atoms with Gasteiger partial charge in [-0.1, -0.05) is 35.9 Å². The van der Waals surface area contributed by atoms with E-state index in [-0.39, 0.29) is 19.7 Å². The van der Waals surface area contributed by atoms with E-state index in [9.17, 15) is 13.2 Å². The van der Waals surface area contributed by atoms with E-state index in [4.69, 9.17) is 16.3 Å². The van der Waals surface area contributed by atoms with Crippen LogP contribution in [0.1, 0.15) is 5.56 Å². The van der Waals surface area contributed by atoms with Crippen molar-refractivity contribution in [3.8, 4) is 5.75 Å². The number of nitrogens with zero attached hydrogens (tertiary/aromatic N) is 1. The zero-order chi connectivity index (χ0) is 19.2. The van der Waals surface area contributed by atoms with E-state index >= 15 is 0 Å². The number of amides is 1. The topological polar surface area (TPSA) is 75.7 Å². The molecular weight excluding hydrogens is 376 g/mol. The maximum Gasteiger partial charge on any atom is 0.240 e. The molecule has 8 heteroatoms. The molecule has 0 atom stereocenters. The first kappa shape index (κ1) is 20.1. The lowest BCUT2D eigenvalue weighted by molar-refractivity contribution is -0.119. The first-order chi connectivity index (χ1) is 12.3. The summed E-state index contributed by atoms with van der Waals surface area (Å²) in [5.74, 6) is 0.196. The molecule has 0 saturated carbocycles. The van der Waals surface area contributed by atoms with E-state index < -0.39 is 15.9 Å². The Morgan fingerprint density at radius 3 is 2.50 bits per heavy atom. The summed E-state index contributed by atoms with van der Waals surface area (Å²) in [4.78, 5) is 12.1. The number of nitrogens with one attached hydrogen (secondary N) is 1. The molecule has 0 fully saturated rings. The highest BCUT2D eigenvalue weighted by atomic mass is 35.5. The zero-order valence-corrected chi connectivity index (χ0v) is 16.2. The van der Waals surface area contributed by atoms with Crippen molar-refractivity contribution < 1.29 is 17.9 Å². The van der Waals surface area contributed by atoms with Gasteiger partial charge in [0.15, 0.2) is 0 Å². The summed E-state index contributed by atoms with van der Waals surface area (Å²) in [6.45, 7) is 2.10. The standard InChI is InChI=1S/C18H21ClN2O4S/c1-14-8-9-16(12-17(14)19)25-11-10-20-18(22)13-21(26(2,23)24)15-6-4-3-5-7-15/h3-9,12H,10-11,13H2,1-2H3,(H,20,22). The molecule has 0 radical (unpaired) electrons. The van der Waals surface area contributed by atoms with Gasteiger partial charge in [0.05, 0.1) is 18.5 Å². The van der Waals surface area contributed by atoms with Crippen molar-refractivity contribution >= 4 is 33.2 Å². The number of para-hydroxylation sites is 1. The van der Waals surface area contributed by atoms with Crippen molar-refractivity contribution in [1.82, 2.24) is 5.32 Å². The number of rotatable bonds is 8. The summed E-state index contributed by atoms with van der Waals surface area (Å²) in [5, 5.41) is 3.26. The highest BCUT2D eigenvalue weighted by Gasteiger charge is 2.20. The number of hydrogen-bond donors (Lipinski definition) is 1. The molecule has 0 aliphatic carbocycles. The van der Waals surface area contributed by atoms with Crippen LogP contribution in [-0.4, -0.2) is 40.3 Å². The maximum absolute atomic E-state index is 12.1. The van der Waals surface area contributed by atoms with Crippen molar-refractivity contribution in [3.05, 3.63) is 59.1 Å². The Hall–Kier alpha value is -2.25. The van der Waals surface area contributed by atoms with Crippen LogP contribution in [0.4, 0.5) is 5.69 Å². The summed E-state index contributed by atoms with van der Waals surface area (Å²) in [7, 11) is -3.57. The highest BCUT2D eigenvalue weighted by molar-refractivity contribution is 7.92. The van der Waals surface area contributed by atoms with Gasteiger partial charge in [0.25, 0.3) is 0 Å². The van der Waals surface area contributed by atoms with Crippen LogP contribution >= 0.6 is 11.6 Å². The largest absolute Gasteiger partial charge is 0.492 e. The predicted molar refractivity (Wildman–Crippen MR) is 103 cm³/mol. The van der Waals surface area contributed by atoms with E-state index in [1.807, 2.05) is 13.0 Å². The Morgan fingerprint density at radius 1 is 1.19 bits per heavy atom. The Balaban J connectivity index is 1.86. The van der Waals surface area contributed by atoms with Crippen LogP contribution in [0.15, 0.2) is 48.5 Å². The van der Waals surface area contributed by atoms with Gasteiger partial charge in [-0.25, -0.2) is 8.42 Å². The van der Waals surface area contributed by atoms with Crippen molar-refractivity contribution in [1.29, 1.82) is 0 Å². The summed E-state index contributed by atoms with van der Waals surface area (Å²) < 4.78 is 30.5. The minimum atomic E-state index is -3.57. The lowest BCUT2D eigenvalue weighted by Gasteiger charge is -2.21. The Labute approximate surface area is 158 Å². The Morgan fingerprint density at radius 2 is 1.88 bits per heavy atom. The van der Waals surface area contributed by atoms with E-state index in [2.05, 4.69) is 5.32 Å². The third-order valence-electron chi connectivity index (χ3n) is 3.57. The second-order valence-electron chi connectivity index (χ2n) is 5.71. The summed E-state index contributed by atoms with van der Waals surface area (Å²) >= 11 is 6.02. The number of aryl methyl sites for hydroxylation is 1. The van der Waals surface area contributed by atoms with Gasteiger partial charge in [0.2, 0.25) is 15.9 Å². The number of sulfonamides is 1. The van der Waals surface area contributed by atoms with Crippen LogP contribution in [0.5, 0.6) is 5.75 Å². The van der Waals surface area contributed by atoms with Crippen LogP contribution in [0.3, 0.4) is 0 Å². The van der Waals surface area contributed by atoms with Gasteiger partial charge >= 0.3 is 0 Å². The molecule has 0 heterocycles. The van der Waals surface area contributed by atoms with Gasteiger partial charge in [-0.15, -0.1) is 0 Å². The fourth-order valence-corrected chi connectivity index (χ4v) is 3.23. The summed E-state index contributed by atoms with van der Waals surface area (Å²) in [6, 6.07) is 13.8. The fourth-order valence-electron chi connectivity index (χ4n) is 2.20. The quantitative estimate of drug-likeness (QED) is 0.696. The molecule has 0 unspecified atom stereocenters. The molecule has 26 heavy (non-hydrogen) atoms. The van der Waals surface area contributed by atoms with E-state index in [0.717, 1.165) is 16.1 Å². The number of hydrogen-bond acceptors (Lipinski definition) is 4. The minimum absolute atomic E-state index is 0.245. The molecule has 0 aromatic heterocycles. The smallest absolute Gasteiger partial charge is 0.240 e. The molecule has 0 saturated heterocycles. The first-order valence-corrected chi connectivity index (χ1v) is 10.2. The van der Waals surface area contributed by atoms with Crippen LogP contribution in [0, 0.1) is 6.92 Å². The Kier molecular flexibility index (Phi) is 6.88. The van der Waals surface area contributed by atoms with Gasteiger partial charge < -0.3 is 10.1 Å². The van der Waals surface area contributed by atoms with E-state index in [1.54, 1.807) is 42.5 Å². The van der Waals surface area contributed by atoms with Crippen LogP contribution < -0.4 is 14.4 Å². The molecule has 2 aromatic rings. The molecular formula is C18H21ClN2O4S. The first-order valence-electron chi connectivity index (χ1n) is 7.96. The third-order valence-corrected chi connectivity index (χ3v) is 5.12. The number of benzene rings is 2.